The van der Waals surface area contributed by atoms with Crippen molar-refractivity contribution in [3.63, 3.8) is 0 Å². The number of carbonyl (C=O) groups is 2. The summed E-state index contributed by atoms with van der Waals surface area (Å²) in [5, 5.41) is 2.89. The van der Waals surface area contributed by atoms with Crippen LogP contribution in [0.15, 0.2) is 48.5 Å². The van der Waals surface area contributed by atoms with Crippen LogP contribution in [-0.4, -0.2) is 18.3 Å². The van der Waals surface area contributed by atoms with Crippen molar-refractivity contribution in [1.82, 2.24) is 0 Å². The molecule has 0 aliphatic rings. The molecule has 2 aromatic carbocycles. The largest absolute Gasteiger partial charge is 0.484 e. The van der Waals surface area contributed by atoms with Crippen LogP contribution in [-0.2, 0) is 10.2 Å². The summed E-state index contributed by atoms with van der Waals surface area (Å²) in [7, 11) is 0. The van der Waals surface area contributed by atoms with Crippen molar-refractivity contribution < 1.29 is 14.3 Å². The van der Waals surface area contributed by atoms with Gasteiger partial charge in [0.2, 0.25) is 0 Å². The van der Waals surface area contributed by atoms with Gasteiger partial charge in [0.05, 0.1) is 0 Å². The molecule has 0 aromatic heterocycles. The van der Waals surface area contributed by atoms with E-state index in [9.17, 15) is 9.59 Å². The lowest BCUT2D eigenvalue weighted by molar-refractivity contribution is -0.118. The van der Waals surface area contributed by atoms with Crippen LogP contribution >= 0.6 is 0 Å². The Morgan fingerprint density at radius 2 is 1.75 bits per heavy atom. The van der Waals surface area contributed by atoms with Crippen LogP contribution in [0, 0.1) is 0 Å². The third-order valence-corrected chi connectivity index (χ3v) is 3.62. The molecule has 0 aliphatic carbocycles. The van der Waals surface area contributed by atoms with E-state index in [0.29, 0.717) is 11.3 Å². The van der Waals surface area contributed by atoms with E-state index in [-0.39, 0.29) is 23.7 Å². The molecule has 0 bridgehead atoms. The van der Waals surface area contributed by atoms with Gasteiger partial charge in [0.25, 0.3) is 5.91 Å². The third-order valence-electron chi connectivity index (χ3n) is 3.62. The van der Waals surface area contributed by atoms with E-state index >= 15 is 0 Å². The first-order chi connectivity index (χ1) is 11.3. The van der Waals surface area contributed by atoms with Gasteiger partial charge < -0.3 is 10.1 Å². The Bertz CT molecular complexity index is 745. The summed E-state index contributed by atoms with van der Waals surface area (Å²) in [4.78, 5) is 23.6. The van der Waals surface area contributed by atoms with Crippen molar-refractivity contribution in [2.75, 3.05) is 11.9 Å². The van der Waals surface area contributed by atoms with E-state index in [1.165, 1.54) is 6.92 Å². The van der Waals surface area contributed by atoms with Crippen LogP contribution in [0.25, 0.3) is 0 Å². The normalized spacial score (nSPS) is 11.0. The van der Waals surface area contributed by atoms with Crippen LogP contribution < -0.4 is 10.1 Å². The Morgan fingerprint density at radius 1 is 1.04 bits per heavy atom. The first-order valence-electron chi connectivity index (χ1n) is 7.90. The number of ether oxygens (including phenoxy) is 1. The topological polar surface area (TPSA) is 55.4 Å². The molecule has 126 valence electrons. The van der Waals surface area contributed by atoms with Crippen molar-refractivity contribution in [2.45, 2.75) is 33.1 Å². The standard InChI is InChI=1S/C20H23NO3/c1-14(22)15-8-7-9-16(12-15)24-13-19(23)21-18-11-6-5-10-17(18)20(2,3)4/h5-12H,13H2,1-4H3,(H,21,23). The highest BCUT2D eigenvalue weighted by molar-refractivity contribution is 5.94. The van der Waals surface area contributed by atoms with Crippen LogP contribution in [0.4, 0.5) is 5.69 Å². The van der Waals surface area contributed by atoms with Gasteiger partial charge in [-0.05, 0) is 36.1 Å². The average molecular weight is 325 g/mol. The molecule has 0 radical (unpaired) electrons. The summed E-state index contributed by atoms with van der Waals surface area (Å²) in [5.74, 6) is 0.228. The summed E-state index contributed by atoms with van der Waals surface area (Å²) in [5.41, 5.74) is 2.35. The van der Waals surface area contributed by atoms with E-state index in [0.717, 1.165) is 11.3 Å². The Kier molecular flexibility index (Phi) is 5.39. The number of ketones is 1. The minimum Gasteiger partial charge on any atom is -0.484 e. The Morgan fingerprint density at radius 3 is 2.42 bits per heavy atom. The molecule has 2 rings (SSSR count). The lowest BCUT2D eigenvalue weighted by Crippen LogP contribution is -2.23. The van der Waals surface area contributed by atoms with Gasteiger partial charge in [-0.15, -0.1) is 0 Å². The van der Waals surface area contributed by atoms with Gasteiger partial charge in [-0.25, -0.2) is 0 Å². The first kappa shape index (κ1) is 17.7. The summed E-state index contributed by atoms with van der Waals surface area (Å²) in [6, 6.07) is 14.6. The van der Waals surface area contributed by atoms with E-state index in [1.54, 1.807) is 24.3 Å². The SMILES string of the molecule is CC(=O)c1cccc(OCC(=O)Nc2ccccc2C(C)(C)C)c1. The highest BCUT2D eigenvalue weighted by Crippen LogP contribution is 2.29. The average Bonchev–Trinajstić information content (AvgIpc) is 2.52. The van der Waals surface area contributed by atoms with Crippen molar-refractivity contribution in [3.8, 4) is 5.75 Å². The van der Waals surface area contributed by atoms with Crippen molar-refractivity contribution in [1.29, 1.82) is 0 Å². The molecule has 0 saturated heterocycles. The molecular formula is C20H23NO3. The Balaban J connectivity index is 2.02. The van der Waals surface area contributed by atoms with E-state index < -0.39 is 0 Å². The molecule has 0 fully saturated rings. The van der Waals surface area contributed by atoms with Gasteiger partial charge in [0, 0.05) is 11.3 Å². The van der Waals surface area contributed by atoms with Crippen molar-refractivity contribution in [3.05, 3.63) is 59.7 Å². The fourth-order valence-corrected chi connectivity index (χ4v) is 2.39. The van der Waals surface area contributed by atoms with Crippen LogP contribution in [0.3, 0.4) is 0 Å². The molecular weight excluding hydrogens is 302 g/mol. The van der Waals surface area contributed by atoms with Gasteiger partial charge in [-0.1, -0.05) is 51.1 Å². The number of Topliss-reactive ketones (excluding diaryl/α,β-unsaturated/α-hetero) is 1. The molecule has 4 nitrogen and oxygen atoms in total. The smallest absolute Gasteiger partial charge is 0.262 e. The molecule has 0 unspecified atom stereocenters. The second-order valence-corrected chi connectivity index (χ2v) is 6.72. The zero-order valence-corrected chi connectivity index (χ0v) is 14.6. The summed E-state index contributed by atoms with van der Waals surface area (Å²) >= 11 is 0. The molecule has 1 N–H and O–H groups in total. The van der Waals surface area contributed by atoms with Crippen LogP contribution in [0.1, 0.15) is 43.6 Å². The third kappa shape index (κ3) is 4.69. The predicted molar refractivity (Wildman–Crippen MR) is 95.7 cm³/mol. The summed E-state index contributed by atoms with van der Waals surface area (Å²) in [6.07, 6.45) is 0. The lowest BCUT2D eigenvalue weighted by Gasteiger charge is -2.23. The summed E-state index contributed by atoms with van der Waals surface area (Å²) in [6.45, 7) is 7.68. The predicted octanol–water partition coefficient (Wildman–Crippen LogP) is 4.20. The second kappa shape index (κ2) is 7.30. The maximum atomic E-state index is 12.2. The molecule has 0 heterocycles. The molecule has 0 spiro atoms. The zero-order valence-electron chi connectivity index (χ0n) is 14.6. The van der Waals surface area contributed by atoms with E-state index in [2.05, 4.69) is 26.1 Å². The number of carbonyl (C=O) groups excluding carboxylic acids is 2. The molecule has 0 atom stereocenters. The lowest BCUT2D eigenvalue weighted by atomic mass is 9.86. The minimum atomic E-state index is -0.236. The monoisotopic (exact) mass is 325 g/mol. The zero-order chi connectivity index (χ0) is 17.7. The van der Waals surface area contributed by atoms with E-state index in [4.69, 9.17) is 4.74 Å². The van der Waals surface area contributed by atoms with Crippen molar-refractivity contribution >= 4 is 17.4 Å². The van der Waals surface area contributed by atoms with Gasteiger partial charge in [0.1, 0.15) is 5.75 Å². The molecule has 0 saturated carbocycles. The number of rotatable bonds is 5. The highest BCUT2D eigenvalue weighted by Gasteiger charge is 2.18. The number of nitrogens with one attached hydrogen (secondary N) is 1. The molecule has 1 amide bonds. The summed E-state index contributed by atoms with van der Waals surface area (Å²) < 4.78 is 5.49. The van der Waals surface area contributed by atoms with Gasteiger partial charge in [-0.3, -0.25) is 9.59 Å². The number of anilines is 1. The second-order valence-electron chi connectivity index (χ2n) is 6.72. The van der Waals surface area contributed by atoms with Gasteiger partial charge in [-0.2, -0.15) is 0 Å². The quantitative estimate of drug-likeness (QED) is 0.838. The van der Waals surface area contributed by atoms with Crippen LogP contribution in [0.5, 0.6) is 5.75 Å². The number of hydrogen-bond donors (Lipinski definition) is 1. The fourth-order valence-electron chi connectivity index (χ4n) is 2.39. The minimum absolute atomic E-state index is 0.0380. The Hall–Kier alpha value is -2.62. The van der Waals surface area contributed by atoms with Crippen molar-refractivity contribution in [2.24, 2.45) is 0 Å². The molecule has 2 aromatic rings. The number of amides is 1. The Labute approximate surface area is 142 Å². The van der Waals surface area contributed by atoms with Gasteiger partial charge in [0.15, 0.2) is 12.4 Å². The fraction of sp³-hybridized carbons (Fsp3) is 0.300. The van der Waals surface area contributed by atoms with Crippen LogP contribution in [0.2, 0.25) is 0 Å². The molecule has 24 heavy (non-hydrogen) atoms. The molecule has 0 aliphatic heterocycles. The first-order valence-corrected chi connectivity index (χ1v) is 7.90. The molecule has 4 heteroatoms. The maximum absolute atomic E-state index is 12.2. The number of para-hydroxylation sites is 1. The number of benzene rings is 2. The van der Waals surface area contributed by atoms with E-state index in [1.807, 2.05) is 24.3 Å². The maximum Gasteiger partial charge on any atom is 0.262 e. The van der Waals surface area contributed by atoms with Gasteiger partial charge >= 0.3 is 0 Å². The number of hydrogen-bond acceptors (Lipinski definition) is 3. The highest BCUT2D eigenvalue weighted by atomic mass is 16.5.